The Hall–Kier alpha value is -4.08. The van der Waals surface area contributed by atoms with Crippen LogP contribution in [0.25, 0.3) is 0 Å². The number of hydrogen-bond donors (Lipinski definition) is 6. The van der Waals surface area contributed by atoms with Crippen LogP contribution in [-0.4, -0.2) is 49.0 Å². The van der Waals surface area contributed by atoms with Gasteiger partial charge in [0.25, 0.3) is 0 Å². The van der Waals surface area contributed by atoms with Crippen molar-refractivity contribution in [3.8, 4) is 0 Å². The third-order valence-corrected chi connectivity index (χ3v) is 13.0. The van der Waals surface area contributed by atoms with E-state index >= 15 is 0 Å². The quantitative estimate of drug-likeness (QED) is 0.0369. The Morgan fingerprint density at radius 1 is 0.358 bits per heavy atom. The molecule has 0 fully saturated rings. The predicted octanol–water partition coefficient (Wildman–Crippen LogP) is 15.1. The molecule has 0 aliphatic rings. The topological polar surface area (TPSA) is 140 Å². The number of rotatable bonds is 42. The summed E-state index contributed by atoms with van der Waals surface area (Å²) in [6.07, 6.45) is 42.8. The van der Waals surface area contributed by atoms with Crippen molar-refractivity contribution in [3.05, 3.63) is 59.7 Å². The molecule has 2 unspecified atom stereocenters. The van der Waals surface area contributed by atoms with Crippen LogP contribution in [0.5, 0.6) is 0 Å². The molecule has 67 heavy (non-hydrogen) atoms. The van der Waals surface area contributed by atoms with E-state index in [0.717, 1.165) is 36.8 Å². The van der Waals surface area contributed by atoms with Gasteiger partial charge in [-0.3, -0.25) is 9.59 Å². The Morgan fingerprint density at radius 2 is 0.597 bits per heavy atom. The first-order valence-electron chi connectivity index (χ1n) is 27.6. The monoisotopic (exact) mass is 931 g/mol. The van der Waals surface area contributed by atoms with E-state index in [1.165, 1.54) is 180 Å². The number of amides is 6. The second-order valence-electron chi connectivity index (χ2n) is 19.4. The Kier molecular flexibility index (Phi) is 36.1. The number of carbonyl (C=O) groups excluding carboxylic acids is 4. The van der Waals surface area contributed by atoms with Crippen LogP contribution in [0.15, 0.2) is 48.5 Å². The third-order valence-electron chi connectivity index (χ3n) is 13.0. The molecule has 0 aromatic heterocycles. The number of hydrogen-bond acceptors (Lipinski definition) is 4. The number of unbranched alkanes of at least 4 members (excludes halogenated alkanes) is 30. The summed E-state index contributed by atoms with van der Waals surface area (Å²) in [5.41, 5.74) is 3.39. The highest BCUT2D eigenvalue weighted by Gasteiger charge is 2.16. The summed E-state index contributed by atoms with van der Waals surface area (Å²) in [6.45, 7) is 9.19. The zero-order valence-electron chi connectivity index (χ0n) is 43.2. The first kappa shape index (κ1) is 59.0. The summed E-state index contributed by atoms with van der Waals surface area (Å²) in [7, 11) is 0. The Morgan fingerprint density at radius 3 is 0.851 bits per heavy atom. The summed E-state index contributed by atoms with van der Waals surface area (Å²) in [4.78, 5) is 50.4. The lowest BCUT2D eigenvalue weighted by Crippen LogP contribution is -2.46. The molecule has 6 amide bonds. The fraction of sp³-hybridized carbons (Fsp3) is 0.719. The lowest BCUT2D eigenvalue weighted by atomic mass is 10.0. The fourth-order valence-electron chi connectivity index (χ4n) is 8.58. The molecule has 0 aliphatic carbocycles. The molecule has 6 N–H and O–H groups in total. The van der Waals surface area contributed by atoms with Gasteiger partial charge in [-0.2, -0.15) is 0 Å². The van der Waals surface area contributed by atoms with Crippen LogP contribution in [0, 0.1) is 0 Å². The Balaban J connectivity index is 1.48. The van der Waals surface area contributed by atoms with E-state index in [-0.39, 0.29) is 11.8 Å². The molecule has 0 heterocycles. The summed E-state index contributed by atoms with van der Waals surface area (Å²) in [6, 6.07) is 13.1. The number of benzene rings is 2. The molecular formula is C57H98N6O4. The van der Waals surface area contributed by atoms with Crippen LogP contribution >= 0.6 is 0 Å². The van der Waals surface area contributed by atoms with Gasteiger partial charge in [0, 0.05) is 24.5 Å². The van der Waals surface area contributed by atoms with Gasteiger partial charge in [-0.15, -0.1) is 0 Å². The number of urea groups is 2. The average molecular weight is 931 g/mol. The molecule has 10 heteroatoms. The van der Waals surface area contributed by atoms with Gasteiger partial charge in [-0.25, -0.2) is 9.59 Å². The summed E-state index contributed by atoms with van der Waals surface area (Å²) in [5.74, 6) is -0.359. The Bertz CT molecular complexity index is 1420. The van der Waals surface area contributed by atoms with Crippen molar-refractivity contribution < 1.29 is 19.2 Å². The molecule has 2 rings (SSSR count). The molecular weight excluding hydrogens is 833 g/mol. The van der Waals surface area contributed by atoms with Gasteiger partial charge >= 0.3 is 12.1 Å². The van der Waals surface area contributed by atoms with Crippen LogP contribution in [0.1, 0.15) is 244 Å². The molecule has 0 aliphatic heterocycles. The van der Waals surface area contributed by atoms with E-state index in [4.69, 9.17) is 0 Å². The lowest BCUT2D eigenvalue weighted by molar-refractivity contribution is -0.123. The highest BCUT2D eigenvalue weighted by atomic mass is 16.2. The normalized spacial score (nSPS) is 12.0. The molecule has 2 atom stereocenters. The minimum atomic E-state index is -0.643. The van der Waals surface area contributed by atoms with Crippen molar-refractivity contribution in [2.24, 2.45) is 0 Å². The first-order valence-corrected chi connectivity index (χ1v) is 27.6. The van der Waals surface area contributed by atoms with Crippen LogP contribution in [-0.2, 0) is 16.0 Å². The van der Waals surface area contributed by atoms with Crippen LogP contribution in [0.2, 0.25) is 0 Å². The van der Waals surface area contributed by atoms with Crippen LogP contribution < -0.4 is 31.9 Å². The maximum absolute atomic E-state index is 12.6. The van der Waals surface area contributed by atoms with Crippen molar-refractivity contribution >= 4 is 35.3 Å². The van der Waals surface area contributed by atoms with Gasteiger partial charge in [0.1, 0.15) is 12.1 Å². The molecule has 0 saturated heterocycles. The molecule has 0 saturated carbocycles. The molecule has 0 radical (unpaired) electrons. The first-order chi connectivity index (χ1) is 32.7. The molecule has 380 valence electrons. The molecule has 2 aromatic carbocycles. The maximum atomic E-state index is 12.6. The third kappa shape index (κ3) is 33.1. The highest BCUT2D eigenvalue weighted by molar-refractivity contribution is 5.94. The summed E-state index contributed by atoms with van der Waals surface area (Å²) >= 11 is 0. The lowest BCUT2D eigenvalue weighted by Gasteiger charge is -2.15. The Labute approximate surface area is 409 Å². The fourth-order valence-corrected chi connectivity index (χ4v) is 8.58. The van der Waals surface area contributed by atoms with Crippen molar-refractivity contribution in [2.75, 3.05) is 23.7 Å². The maximum Gasteiger partial charge on any atom is 0.319 e. The van der Waals surface area contributed by atoms with Crippen LogP contribution in [0.4, 0.5) is 21.0 Å². The zero-order valence-corrected chi connectivity index (χ0v) is 43.2. The minimum Gasteiger partial charge on any atom is -0.354 e. The average Bonchev–Trinajstić information content (AvgIpc) is 3.32. The van der Waals surface area contributed by atoms with E-state index in [0.29, 0.717) is 30.9 Å². The minimum absolute atomic E-state index is 0.179. The van der Waals surface area contributed by atoms with Gasteiger partial charge in [0.05, 0.1) is 0 Å². The van der Waals surface area contributed by atoms with Crippen molar-refractivity contribution in [3.63, 3.8) is 0 Å². The van der Waals surface area contributed by atoms with Crippen molar-refractivity contribution in [2.45, 2.75) is 252 Å². The van der Waals surface area contributed by atoms with Gasteiger partial charge < -0.3 is 31.9 Å². The zero-order chi connectivity index (χ0) is 48.4. The standard InChI is InChI=1S/C57H98N6O4/c1-5-7-9-11-13-15-17-19-21-23-25-27-29-31-33-35-45-58-54(64)48(3)60-56(66)62-52-41-37-50(38-42-52)47-51-39-43-53(44-40-51)63-57(67)61-49(4)55(65)59-46-36-34-32-30-28-26-24-22-20-18-16-14-12-10-8-6-2/h37-44,48-49H,5-36,45-47H2,1-4H3,(H,58,64)(H,59,65)(H2,60,62,66)(H2,61,63,67). The SMILES string of the molecule is CCCCCCCCCCCCCCCCCCNC(=O)C(C)NC(=O)Nc1ccc(Cc2ccc(NC(=O)NC(C)C(=O)NCCCCCCCCCCCCCCCCCC)cc2)cc1. The number of anilines is 2. The van der Waals surface area contributed by atoms with E-state index in [9.17, 15) is 19.2 Å². The van der Waals surface area contributed by atoms with E-state index < -0.39 is 24.1 Å². The van der Waals surface area contributed by atoms with E-state index in [2.05, 4.69) is 45.7 Å². The van der Waals surface area contributed by atoms with E-state index in [1.54, 1.807) is 13.8 Å². The second-order valence-corrected chi connectivity index (χ2v) is 19.4. The van der Waals surface area contributed by atoms with Crippen LogP contribution in [0.3, 0.4) is 0 Å². The van der Waals surface area contributed by atoms with Gasteiger partial charge in [-0.05, 0) is 68.5 Å². The van der Waals surface area contributed by atoms with E-state index in [1.807, 2.05) is 48.5 Å². The summed E-state index contributed by atoms with van der Waals surface area (Å²) in [5, 5.41) is 17.0. The largest absolute Gasteiger partial charge is 0.354 e. The smallest absolute Gasteiger partial charge is 0.319 e. The molecule has 10 nitrogen and oxygen atoms in total. The van der Waals surface area contributed by atoms with Gasteiger partial charge in [0.2, 0.25) is 11.8 Å². The van der Waals surface area contributed by atoms with Gasteiger partial charge in [-0.1, -0.05) is 231 Å². The molecule has 2 aromatic rings. The van der Waals surface area contributed by atoms with Gasteiger partial charge in [0.15, 0.2) is 0 Å². The number of nitrogens with one attached hydrogen (secondary N) is 6. The molecule has 0 bridgehead atoms. The van der Waals surface area contributed by atoms with Crippen molar-refractivity contribution in [1.82, 2.24) is 21.3 Å². The number of carbonyl (C=O) groups is 4. The van der Waals surface area contributed by atoms with Crippen molar-refractivity contribution in [1.29, 1.82) is 0 Å². The predicted molar refractivity (Wildman–Crippen MR) is 284 cm³/mol. The summed E-state index contributed by atoms with van der Waals surface area (Å²) < 4.78 is 0. The second kappa shape index (κ2) is 40.9. The highest BCUT2D eigenvalue weighted by Crippen LogP contribution is 2.18. The molecule has 0 spiro atoms.